The van der Waals surface area contributed by atoms with Gasteiger partial charge in [-0.3, -0.25) is 4.68 Å². The molecule has 1 aromatic heterocycles. The molecular formula is C14H16F3N3O. The Morgan fingerprint density at radius 1 is 1.38 bits per heavy atom. The van der Waals surface area contributed by atoms with Crippen molar-refractivity contribution in [2.75, 3.05) is 5.32 Å². The molecule has 1 N–H and O–H groups in total. The van der Waals surface area contributed by atoms with E-state index in [0.717, 1.165) is 12.1 Å². The number of nitrogens with zero attached hydrogens (tertiary/aromatic N) is 2. The predicted octanol–water partition coefficient (Wildman–Crippen LogP) is 3.97. The molecule has 1 atom stereocenters. The summed E-state index contributed by atoms with van der Waals surface area (Å²) in [6, 6.07) is 5.69. The van der Waals surface area contributed by atoms with E-state index in [0.29, 0.717) is 5.69 Å². The van der Waals surface area contributed by atoms with E-state index in [-0.39, 0.29) is 11.8 Å². The van der Waals surface area contributed by atoms with E-state index in [1.807, 2.05) is 20.0 Å². The number of alkyl halides is 3. The van der Waals surface area contributed by atoms with Crippen LogP contribution in [0.5, 0.6) is 5.75 Å². The smallest absolute Gasteiger partial charge is 0.406 e. The summed E-state index contributed by atoms with van der Waals surface area (Å²) in [4.78, 5) is 0. The van der Waals surface area contributed by atoms with Crippen LogP contribution in [-0.2, 0) is 6.54 Å². The molecule has 0 fully saturated rings. The topological polar surface area (TPSA) is 39.1 Å². The van der Waals surface area contributed by atoms with Gasteiger partial charge in [-0.2, -0.15) is 5.10 Å². The molecule has 4 nitrogen and oxygen atoms in total. The highest BCUT2D eigenvalue weighted by molar-refractivity contribution is 5.49. The van der Waals surface area contributed by atoms with Gasteiger partial charge in [-0.1, -0.05) is 6.07 Å². The van der Waals surface area contributed by atoms with Crippen LogP contribution in [0.25, 0.3) is 0 Å². The molecule has 114 valence electrons. The maximum Gasteiger partial charge on any atom is 0.573 e. The minimum absolute atomic E-state index is 0.0774. The minimum atomic E-state index is -4.69. The maximum absolute atomic E-state index is 12.2. The van der Waals surface area contributed by atoms with Gasteiger partial charge in [-0.25, -0.2) is 0 Å². The van der Waals surface area contributed by atoms with Gasteiger partial charge in [0.05, 0.1) is 12.2 Å². The molecule has 0 saturated heterocycles. The number of hydrogen-bond donors (Lipinski definition) is 1. The Morgan fingerprint density at radius 3 is 2.76 bits per heavy atom. The van der Waals surface area contributed by atoms with Crippen LogP contribution < -0.4 is 10.1 Å². The molecule has 0 radical (unpaired) electrons. The molecule has 21 heavy (non-hydrogen) atoms. The van der Waals surface area contributed by atoms with Crippen LogP contribution in [0.2, 0.25) is 0 Å². The van der Waals surface area contributed by atoms with Crippen LogP contribution in [0.4, 0.5) is 18.9 Å². The highest BCUT2D eigenvalue weighted by atomic mass is 19.4. The average molecular weight is 299 g/mol. The lowest BCUT2D eigenvalue weighted by Gasteiger charge is -2.15. The third kappa shape index (κ3) is 4.40. The van der Waals surface area contributed by atoms with Gasteiger partial charge in [0.25, 0.3) is 0 Å². The number of aryl methyl sites for hydroxylation is 1. The monoisotopic (exact) mass is 299 g/mol. The van der Waals surface area contributed by atoms with Crippen molar-refractivity contribution < 1.29 is 17.9 Å². The number of anilines is 1. The van der Waals surface area contributed by atoms with Crippen molar-refractivity contribution in [3.63, 3.8) is 0 Å². The van der Waals surface area contributed by atoms with Gasteiger partial charge < -0.3 is 10.1 Å². The number of benzene rings is 1. The quantitative estimate of drug-likeness (QED) is 0.908. The zero-order valence-corrected chi connectivity index (χ0v) is 11.7. The molecule has 0 aliphatic carbocycles. The Hall–Kier alpha value is -2.18. The second-order valence-electron chi connectivity index (χ2n) is 4.57. The zero-order valence-electron chi connectivity index (χ0n) is 11.7. The average Bonchev–Trinajstić information content (AvgIpc) is 2.85. The summed E-state index contributed by atoms with van der Waals surface area (Å²) in [6.07, 6.45) is -1.06. The summed E-state index contributed by atoms with van der Waals surface area (Å²) in [5.41, 5.74) is 1.51. The Labute approximate surface area is 120 Å². The van der Waals surface area contributed by atoms with Crippen LogP contribution >= 0.6 is 0 Å². The second kappa shape index (κ2) is 6.07. The maximum atomic E-state index is 12.2. The lowest BCUT2D eigenvalue weighted by molar-refractivity contribution is -0.274. The highest BCUT2D eigenvalue weighted by Crippen LogP contribution is 2.27. The molecule has 1 heterocycles. The van der Waals surface area contributed by atoms with Crippen molar-refractivity contribution in [2.24, 2.45) is 0 Å². The molecule has 0 bridgehead atoms. The number of hydrogen-bond acceptors (Lipinski definition) is 3. The summed E-state index contributed by atoms with van der Waals surface area (Å²) >= 11 is 0. The summed E-state index contributed by atoms with van der Waals surface area (Å²) < 4.78 is 42.2. The summed E-state index contributed by atoms with van der Waals surface area (Å²) in [5, 5.41) is 7.29. The minimum Gasteiger partial charge on any atom is -0.406 e. The van der Waals surface area contributed by atoms with E-state index in [9.17, 15) is 13.2 Å². The Kier molecular flexibility index (Phi) is 4.40. The number of nitrogens with one attached hydrogen (secondary N) is 1. The predicted molar refractivity (Wildman–Crippen MR) is 73.1 cm³/mol. The molecule has 7 heteroatoms. The summed E-state index contributed by atoms with van der Waals surface area (Å²) in [6.45, 7) is 4.66. The first-order chi connectivity index (χ1) is 9.87. The van der Waals surface area contributed by atoms with Gasteiger partial charge in [0.1, 0.15) is 5.75 Å². The molecule has 1 unspecified atom stereocenters. The SMILES string of the molecule is CCn1cc(C(C)Nc2cccc(OC(F)(F)F)c2)cn1. The lowest BCUT2D eigenvalue weighted by atomic mass is 10.2. The highest BCUT2D eigenvalue weighted by Gasteiger charge is 2.31. The normalized spacial score (nSPS) is 13.0. The van der Waals surface area contributed by atoms with Gasteiger partial charge in [-0.15, -0.1) is 13.2 Å². The zero-order chi connectivity index (χ0) is 15.5. The standard InChI is InChI=1S/C14H16F3N3O/c1-3-20-9-11(8-18-20)10(2)19-12-5-4-6-13(7-12)21-14(15,16)17/h4-10,19H,3H2,1-2H3. The first-order valence-electron chi connectivity index (χ1n) is 6.52. The Bertz CT molecular complexity index is 595. The van der Waals surface area contributed by atoms with Gasteiger partial charge in [0.15, 0.2) is 0 Å². The second-order valence-corrected chi connectivity index (χ2v) is 4.57. The Morgan fingerprint density at radius 2 is 2.14 bits per heavy atom. The van der Waals surface area contributed by atoms with E-state index in [2.05, 4.69) is 15.2 Å². The van der Waals surface area contributed by atoms with Crippen molar-refractivity contribution in [2.45, 2.75) is 32.8 Å². The van der Waals surface area contributed by atoms with Crippen molar-refractivity contribution in [1.29, 1.82) is 0 Å². The van der Waals surface area contributed by atoms with Crippen molar-refractivity contribution in [1.82, 2.24) is 9.78 Å². The number of rotatable bonds is 5. The molecule has 2 aromatic rings. The third-order valence-electron chi connectivity index (χ3n) is 2.93. The van der Waals surface area contributed by atoms with Crippen LogP contribution in [-0.4, -0.2) is 16.1 Å². The Balaban J connectivity index is 2.06. The van der Waals surface area contributed by atoms with Gasteiger partial charge >= 0.3 is 6.36 Å². The molecular weight excluding hydrogens is 283 g/mol. The van der Waals surface area contributed by atoms with E-state index in [1.165, 1.54) is 18.2 Å². The molecule has 0 spiro atoms. The number of ether oxygens (including phenoxy) is 1. The third-order valence-corrected chi connectivity index (χ3v) is 2.93. The molecule has 0 aliphatic rings. The van der Waals surface area contributed by atoms with E-state index >= 15 is 0 Å². The fourth-order valence-electron chi connectivity index (χ4n) is 1.89. The number of aromatic nitrogens is 2. The fraction of sp³-hybridized carbons (Fsp3) is 0.357. The first-order valence-corrected chi connectivity index (χ1v) is 6.52. The van der Waals surface area contributed by atoms with Crippen LogP contribution in [0.3, 0.4) is 0 Å². The van der Waals surface area contributed by atoms with E-state index < -0.39 is 6.36 Å². The fourth-order valence-corrected chi connectivity index (χ4v) is 1.89. The van der Waals surface area contributed by atoms with Gasteiger partial charge in [-0.05, 0) is 26.0 Å². The van der Waals surface area contributed by atoms with Gasteiger partial charge in [0, 0.05) is 30.1 Å². The van der Waals surface area contributed by atoms with Crippen LogP contribution in [0.15, 0.2) is 36.7 Å². The first kappa shape index (κ1) is 15.2. The summed E-state index contributed by atoms with van der Waals surface area (Å²) in [5.74, 6) is -0.246. The molecule has 0 saturated carbocycles. The van der Waals surface area contributed by atoms with Crippen molar-refractivity contribution >= 4 is 5.69 Å². The molecule has 0 aliphatic heterocycles. The number of halogens is 3. The van der Waals surface area contributed by atoms with E-state index in [1.54, 1.807) is 16.9 Å². The van der Waals surface area contributed by atoms with Gasteiger partial charge in [0.2, 0.25) is 0 Å². The molecule has 1 aromatic carbocycles. The van der Waals surface area contributed by atoms with Crippen LogP contribution in [0, 0.1) is 0 Å². The lowest BCUT2D eigenvalue weighted by Crippen LogP contribution is -2.17. The molecule has 0 amide bonds. The summed E-state index contributed by atoms with van der Waals surface area (Å²) in [7, 11) is 0. The van der Waals surface area contributed by atoms with Crippen LogP contribution in [0.1, 0.15) is 25.5 Å². The van der Waals surface area contributed by atoms with E-state index in [4.69, 9.17) is 0 Å². The van der Waals surface area contributed by atoms with Crippen molar-refractivity contribution in [3.05, 3.63) is 42.2 Å². The largest absolute Gasteiger partial charge is 0.573 e. The molecule has 2 rings (SSSR count). The van der Waals surface area contributed by atoms with Crippen molar-refractivity contribution in [3.8, 4) is 5.75 Å².